The van der Waals surface area contributed by atoms with Crippen molar-refractivity contribution in [2.24, 2.45) is 5.92 Å². The molecule has 0 saturated heterocycles. The molecule has 1 atom stereocenters. The van der Waals surface area contributed by atoms with E-state index in [1.54, 1.807) is 0 Å². The van der Waals surface area contributed by atoms with Crippen molar-refractivity contribution in [2.45, 2.75) is 33.2 Å². The summed E-state index contributed by atoms with van der Waals surface area (Å²) in [5, 5.41) is 14.9. The second kappa shape index (κ2) is 7.43. The third-order valence-electron chi connectivity index (χ3n) is 3.61. The monoisotopic (exact) mass is 370 g/mol. The molecule has 21 heavy (non-hydrogen) atoms. The molecule has 0 radical (unpaired) electrons. The Bertz CT molecular complexity index is 612. The quantitative estimate of drug-likeness (QED) is 0.833. The molecule has 0 spiro atoms. The van der Waals surface area contributed by atoms with Crippen molar-refractivity contribution in [3.05, 3.63) is 50.7 Å². The Labute approximate surface area is 139 Å². The lowest BCUT2D eigenvalue weighted by atomic mass is 9.95. The van der Waals surface area contributed by atoms with E-state index in [0.29, 0.717) is 0 Å². The molecule has 114 valence electrons. The van der Waals surface area contributed by atoms with Crippen molar-refractivity contribution in [1.82, 2.24) is 9.78 Å². The summed E-state index contributed by atoms with van der Waals surface area (Å²) >= 11 is 9.63. The Morgan fingerprint density at radius 3 is 2.76 bits per heavy atom. The van der Waals surface area contributed by atoms with E-state index in [9.17, 15) is 5.11 Å². The lowest BCUT2D eigenvalue weighted by Crippen LogP contribution is -2.16. The molecule has 0 bridgehead atoms. The third-order valence-corrected chi connectivity index (χ3v) is 4.87. The molecule has 2 aromatic rings. The maximum Gasteiger partial charge on any atom is 0.0738 e. The average molecular weight is 372 g/mol. The SMILES string of the molecule is CCn1nc(C)c(Br)c1CC(CO)Cc1cccc(Cl)c1. The van der Waals surface area contributed by atoms with E-state index in [1.807, 2.05) is 35.9 Å². The fourth-order valence-corrected chi connectivity index (χ4v) is 3.19. The minimum Gasteiger partial charge on any atom is -0.396 e. The summed E-state index contributed by atoms with van der Waals surface area (Å²) in [5.74, 6) is 0.154. The van der Waals surface area contributed by atoms with Gasteiger partial charge < -0.3 is 5.11 Å². The van der Waals surface area contributed by atoms with Gasteiger partial charge in [0.25, 0.3) is 0 Å². The highest BCUT2D eigenvalue weighted by Crippen LogP contribution is 2.25. The number of halogens is 2. The summed E-state index contributed by atoms with van der Waals surface area (Å²) < 4.78 is 3.05. The zero-order valence-electron chi connectivity index (χ0n) is 12.3. The van der Waals surface area contributed by atoms with Crippen LogP contribution in [-0.4, -0.2) is 21.5 Å². The molecular formula is C16H20BrClN2O. The lowest BCUT2D eigenvalue weighted by molar-refractivity contribution is 0.222. The third kappa shape index (κ3) is 4.09. The Hall–Kier alpha value is -0.840. The van der Waals surface area contributed by atoms with E-state index in [1.165, 1.54) is 0 Å². The topological polar surface area (TPSA) is 38.0 Å². The maximum atomic E-state index is 9.70. The van der Waals surface area contributed by atoms with Gasteiger partial charge in [-0.05, 0) is 66.2 Å². The number of hydrogen-bond donors (Lipinski definition) is 1. The summed E-state index contributed by atoms with van der Waals surface area (Å²) in [7, 11) is 0. The van der Waals surface area contributed by atoms with E-state index in [2.05, 4.69) is 28.0 Å². The standard InChI is InChI=1S/C16H20BrClN2O/c1-3-20-15(16(17)11(2)19-20)9-13(10-21)7-12-5-4-6-14(18)8-12/h4-6,8,13,21H,3,7,9-10H2,1-2H3. The average Bonchev–Trinajstić information content (AvgIpc) is 2.74. The van der Waals surface area contributed by atoms with Crippen LogP contribution >= 0.6 is 27.5 Å². The number of aliphatic hydroxyl groups is 1. The maximum absolute atomic E-state index is 9.70. The van der Waals surface area contributed by atoms with Gasteiger partial charge in [0.2, 0.25) is 0 Å². The first-order chi connectivity index (χ1) is 10.0. The van der Waals surface area contributed by atoms with Crippen molar-refractivity contribution in [1.29, 1.82) is 0 Å². The van der Waals surface area contributed by atoms with Crippen LogP contribution in [0, 0.1) is 12.8 Å². The molecule has 0 amide bonds. The molecule has 1 aromatic heterocycles. The summed E-state index contributed by atoms with van der Waals surface area (Å²) in [6.07, 6.45) is 1.59. The van der Waals surface area contributed by atoms with Gasteiger partial charge in [0.05, 0.1) is 15.9 Å². The molecule has 5 heteroatoms. The fraction of sp³-hybridized carbons (Fsp3) is 0.438. The number of hydrogen-bond acceptors (Lipinski definition) is 2. The molecule has 3 nitrogen and oxygen atoms in total. The van der Waals surface area contributed by atoms with E-state index < -0.39 is 0 Å². The zero-order valence-corrected chi connectivity index (χ0v) is 14.7. The summed E-state index contributed by atoms with van der Waals surface area (Å²) in [6, 6.07) is 7.82. The predicted octanol–water partition coefficient (Wildman–Crippen LogP) is 4.02. The van der Waals surface area contributed by atoms with Gasteiger partial charge in [-0.1, -0.05) is 23.7 Å². The van der Waals surface area contributed by atoms with Gasteiger partial charge in [0, 0.05) is 18.2 Å². The Morgan fingerprint density at radius 2 is 2.14 bits per heavy atom. The van der Waals surface area contributed by atoms with Crippen LogP contribution in [-0.2, 0) is 19.4 Å². The summed E-state index contributed by atoms with van der Waals surface area (Å²) in [5.41, 5.74) is 3.29. The van der Waals surface area contributed by atoms with Crippen molar-refractivity contribution < 1.29 is 5.11 Å². The van der Waals surface area contributed by atoms with Crippen LogP contribution in [0.5, 0.6) is 0 Å². The van der Waals surface area contributed by atoms with Crippen LogP contribution in [0.1, 0.15) is 23.9 Å². The first-order valence-corrected chi connectivity index (χ1v) is 8.29. The van der Waals surface area contributed by atoms with Crippen molar-refractivity contribution >= 4 is 27.5 Å². The molecular weight excluding hydrogens is 352 g/mol. The smallest absolute Gasteiger partial charge is 0.0738 e. The lowest BCUT2D eigenvalue weighted by Gasteiger charge is -2.15. The van der Waals surface area contributed by atoms with Gasteiger partial charge >= 0.3 is 0 Å². The van der Waals surface area contributed by atoms with Gasteiger partial charge in [-0.15, -0.1) is 0 Å². The van der Waals surface area contributed by atoms with Crippen molar-refractivity contribution in [2.75, 3.05) is 6.61 Å². The summed E-state index contributed by atoms with van der Waals surface area (Å²) in [6.45, 7) is 5.04. The van der Waals surface area contributed by atoms with Crippen LogP contribution in [0.3, 0.4) is 0 Å². The first-order valence-electron chi connectivity index (χ1n) is 7.12. The molecule has 0 saturated carbocycles. The Balaban J connectivity index is 2.16. The normalized spacial score (nSPS) is 12.6. The van der Waals surface area contributed by atoms with Gasteiger partial charge in [0.15, 0.2) is 0 Å². The van der Waals surface area contributed by atoms with Crippen molar-refractivity contribution in [3.8, 4) is 0 Å². The van der Waals surface area contributed by atoms with Crippen LogP contribution < -0.4 is 0 Å². The number of benzene rings is 1. The van der Waals surface area contributed by atoms with Crippen LogP contribution in [0.15, 0.2) is 28.7 Å². The van der Waals surface area contributed by atoms with Gasteiger partial charge in [-0.2, -0.15) is 5.10 Å². The van der Waals surface area contributed by atoms with Gasteiger partial charge in [-0.3, -0.25) is 4.68 Å². The fourth-order valence-electron chi connectivity index (χ4n) is 2.54. The van der Waals surface area contributed by atoms with Crippen LogP contribution in [0.4, 0.5) is 0 Å². The molecule has 0 fully saturated rings. The molecule has 0 aliphatic carbocycles. The number of aromatic nitrogens is 2. The van der Waals surface area contributed by atoms with Crippen LogP contribution in [0.2, 0.25) is 5.02 Å². The van der Waals surface area contributed by atoms with Crippen molar-refractivity contribution in [3.63, 3.8) is 0 Å². The van der Waals surface area contributed by atoms with Gasteiger partial charge in [0.1, 0.15) is 0 Å². The highest BCUT2D eigenvalue weighted by Gasteiger charge is 2.17. The molecule has 0 aliphatic heterocycles. The van der Waals surface area contributed by atoms with E-state index in [-0.39, 0.29) is 12.5 Å². The Morgan fingerprint density at radius 1 is 1.38 bits per heavy atom. The van der Waals surface area contributed by atoms with E-state index in [0.717, 1.165) is 45.8 Å². The molecule has 1 N–H and O–H groups in total. The summed E-state index contributed by atoms with van der Waals surface area (Å²) in [4.78, 5) is 0. The molecule has 1 aromatic carbocycles. The zero-order chi connectivity index (χ0) is 15.4. The Kier molecular flexibility index (Phi) is 5.85. The minimum absolute atomic E-state index is 0.146. The largest absolute Gasteiger partial charge is 0.396 e. The van der Waals surface area contributed by atoms with Crippen LogP contribution in [0.25, 0.3) is 0 Å². The number of aliphatic hydroxyl groups excluding tert-OH is 1. The number of aryl methyl sites for hydroxylation is 2. The predicted molar refractivity (Wildman–Crippen MR) is 89.8 cm³/mol. The molecule has 1 heterocycles. The number of rotatable bonds is 6. The second-order valence-corrected chi connectivity index (χ2v) is 6.48. The highest BCUT2D eigenvalue weighted by molar-refractivity contribution is 9.10. The van der Waals surface area contributed by atoms with E-state index in [4.69, 9.17) is 11.6 Å². The first kappa shape index (κ1) is 16.5. The molecule has 2 rings (SSSR count). The highest BCUT2D eigenvalue weighted by atomic mass is 79.9. The van der Waals surface area contributed by atoms with E-state index >= 15 is 0 Å². The second-order valence-electron chi connectivity index (χ2n) is 5.25. The van der Waals surface area contributed by atoms with Gasteiger partial charge in [-0.25, -0.2) is 0 Å². The molecule has 1 unspecified atom stereocenters. The number of nitrogens with zero attached hydrogens (tertiary/aromatic N) is 2. The molecule has 0 aliphatic rings. The minimum atomic E-state index is 0.146.